The van der Waals surface area contributed by atoms with Crippen LogP contribution in [0.5, 0.6) is 5.75 Å². The molecule has 5 heteroatoms. The van der Waals surface area contributed by atoms with Crippen molar-refractivity contribution in [2.24, 2.45) is 0 Å². The fraction of sp³-hybridized carbons (Fsp3) is 0.188. The second-order valence-corrected chi connectivity index (χ2v) is 4.77. The first-order chi connectivity index (χ1) is 10.1. The lowest BCUT2D eigenvalue weighted by Gasteiger charge is -2.07. The molecule has 3 aromatic rings. The normalized spacial score (nSPS) is 11.0. The number of nitrogen functional groups attached to an aromatic ring is 1. The lowest BCUT2D eigenvalue weighted by atomic mass is 10.2. The molecular formula is C16H16FN3O. The van der Waals surface area contributed by atoms with Gasteiger partial charge in [0, 0.05) is 18.3 Å². The Hall–Kier alpha value is -2.56. The van der Waals surface area contributed by atoms with Gasteiger partial charge in [-0.1, -0.05) is 0 Å². The van der Waals surface area contributed by atoms with E-state index in [4.69, 9.17) is 10.5 Å². The third-order valence-electron chi connectivity index (χ3n) is 3.51. The quantitative estimate of drug-likeness (QED) is 0.750. The molecule has 0 bridgehead atoms. The van der Waals surface area contributed by atoms with E-state index >= 15 is 0 Å². The summed E-state index contributed by atoms with van der Waals surface area (Å²) in [5.41, 5.74) is 8.18. The van der Waals surface area contributed by atoms with Gasteiger partial charge in [0.05, 0.1) is 23.7 Å². The summed E-state index contributed by atoms with van der Waals surface area (Å²) in [7, 11) is 1.61. The van der Waals surface area contributed by atoms with E-state index < -0.39 is 0 Å². The van der Waals surface area contributed by atoms with Crippen molar-refractivity contribution >= 4 is 16.7 Å². The molecule has 0 amide bonds. The number of rotatable bonds is 3. The van der Waals surface area contributed by atoms with Crippen molar-refractivity contribution in [3.63, 3.8) is 0 Å². The van der Waals surface area contributed by atoms with Crippen molar-refractivity contribution < 1.29 is 9.13 Å². The Balaban J connectivity index is 2.26. The SMILES string of the molecule is CCn1c(-c2ccc(N)cc2F)nc2cc(OC)ccc21. The van der Waals surface area contributed by atoms with Gasteiger partial charge in [-0.15, -0.1) is 0 Å². The third-order valence-corrected chi connectivity index (χ3v) is 3.51. The lowest BCUT2D eigenvalue weighted by Crippen LogP contribution is -1.99. The summed E-state index contributed by atoms with van der Waals surface area (Å²) in [5, 5.41) is 0. The van der Waals surface area contributed by atoms with Crippen LogP contribution in [0, 0.1) is 5.82 Å². The number of anilines is 1. The predicted octanol–water partition coefficient (Wildman–Crippen LogP) is 3.45. The fourth-order valence-electron chi connectivity index (χ4n) is 2.47. The average Bonchev–Trinajstić information content (AvgIpc) is 2.84. The van der Waals surface area contributed by atoms with E-state index in [0.717, 1.165) is 16.8 Å². The number of fused-ring (bicyclic) bond motifs is 1. The molecule has 0 saturated carbocycles. The minimum Gasteiger partial charge on any atom is -0.497 e. The van der Waals surface area contributed by atoms with E-state index in [9.17, 15) is 4.39 Å². The highest BCUT2D eigenvalue weighted by Crippen LogP contribution is 2.29. The van der Waals surface area contributed by atoms with Crippen LogP contribution < -0.4 is 10.5 Å². The molecule has 0 radical (unpaired) electrons. The summed E-state index contributed by atoms with van der Waals surface area (Å²) in [6.45, 7) is 2.70. The van der Waals surface area contributed by atoms with Gasteiger partial charge in [0.15, 0.2) is 0 Å². The zero-order chi connectivity index (χ0) is 15.0. The van der Waals surface area contributed by atoms with Gasteiger partial charge < -0.3 is 15.0 Å². The molecule has 0 unspecified atom stereocenters. The van der Waals surface area contributed by atoms with E-state index in [1.165, 1.54) is 6.07 Å². The summed E-state index contributed by atoms with van der Waals surface area (Å²) in [4.78, 5) is 4.56. The largest absolute Gasteiger partial charge is 0.497 e. The summed E-state index contributed by atoms with van der Waals surface area (Å²) in [6, 6.07) is 10.3. The molecule has 0 spiro atoms. The number of benzene rings is 2. The van der Waals surface area contributed by atoms with Crippen molar-refractivity contribution in [3.8, 4) is 17.1 Å². The molecule has 0 atom stereocenters. The van der Waals surface area contributed by atoms with Crippen LogP contribution in [0.25, 0.3) is 22.4 Å². The van der Waals surface area contributed by atoms with E-state index in [1.54, 1.807) is 19.2 Å². The molecule has 0 saturated heterocycles. The Bertz CT molecular complexity index is 811. The van der Waals surface area contributed by atoms with Gasteiger partial charge in [-0.25, -0.2) is 9.37 Å². The molecule has 4 nitrogen and oxygen atoms in total. The van der Waals surface area contributed by atoms with Gasteiger partial charge in [0.1, 0.15) is 17.4 Å². The number of imidazole rings is 1. The van der Waals surface area contributed by atoms with Crippen LogP contribution >= 0.6 is 0 Å². The first kappa shape index (κ1) is 13.4. The summed E-state index contributed by atoms with van der Waals surface area (Å²) < 4.78 is 21.4. The highest BCUT2D eigenvalue weighted by molar-refractivity contribution is 5.82. The van der Waals surface area contributed by atoms with Gasteiger partial charge >= 0.3 is 0 Å². The Labute approximate surface area is 122 Å². The molecule has 1 heterocycles. The van der Waals surface area contributed by atoms with Crippen molar-refractivity contribution in [2.45, 2.75) is 13.5 Å². The molecule has 0 fully saturated rings. The zero-order valence-corrected chi connectivity index (χ0v) is 11.9. The number of ether oxygens (including phenoxy) is 1. The van der Waals surface area contributed by atoms with Crippen LogP contribution in [0.3, 0.4) is 0 Å². The van der Waals surface area contributed by atoms with E-state index in [0.29, 0.717) is 23.6 Å². The number of aryl methyl sites for hydroxylation is 1. The fourth-order valence-corrected chi connectivity index (χ4v) is 2.47. The number of nitrogens with two attached hydrogens (primary N) is 1. The number of aromatic nitrogens is 2. The molecule has 3 rings (SSSR count). The zero-order valence-electron chi connectivity index (χ0n) is 11.9. The topological polar surface area (TPSA) is 53.1 Å². The highest BCUT2D eigenvalue weighted by Gasteiger charge is 2.15. The van der Waals surface area contributed by atoms with Gasteiger partial charge in [0.25, 0.3) is 0 Å². The average molecular weight is 285 g/mol. The van der Waals surface area contributed by atoms with Crippen LogP contribution in [-0.4, -0.2) is 16.7 Å². The standard InChI is InChI=1S/C16H16FN3O/c1-3-20-15-7-5-11(21-2)9-14(15)19-16(20)12-6-4-10(18)8-13(12)17/h4-9H,3,18H2,1-2H3. The minimum atomic E-state index is -0.369. The van der Waals surface area contributed by atoms with E-state index in [2.05, 4.69) is 4.98 Å². The molecular weight excluding hydrogens is 269 g/mol. The van der Waals surface area contributed by atoms with E-state index in [-0.39, 0.29) is 5.82 Å². The second-order valence-electron chi connectivity index (χ2n) is 4.77. The molecule has 0 aliphatic heterocycles. The molecule has 2 N–H and O–H groups in total. The van der Waals surface area contributed by atoms with Crippen molar-refractivity contribution in [1.29, 1.82) is 0 Å². The lowest BCUT2D eigenvalue weighted by molar-refractivity contribution is 0.415. The Kier molecular flexibility index (Phi) is 3.25. The number of nitrogens with zero attached hydrogens (tertiary/aromatic N) is 2. The number of methoxy groups -OCH3 is 1. The van der Waals surface area contributed by atoms with Crippen LogP contribution in [0.4, 0.5) is 10.1 Å². The summed E-state index contributed by atoms with van der Waals surface area (Å²) in [5.74, 6) is 0.956. The van der Waals surface area contributed by atoms with Gasteiger partial charge in [-0.3, -0.25) is 0 Å². The van der Waals surface area contributed by atoms with E-state index in [1.807, 2.05) is 29.7 Å². The first-order valence-electron chi connectivity index (χ1n) is 6.73. The molecule has 21 heavy (non-hydrogen) atoms. The van der Waals surface area contributed by atoms with Gasteiger partial charge in [-0.2, -0.15) is 0 Å². The van der Waals surface area contributed by atoms with Crippen LogP contribution in [0.15, 0.2) is 36.4 Å². The van der Waals surface area contributed by atoms with Crippen LogP contribution in [0.2, 0.25) is 0 Å². The second kappa shape index (κ2) is 5.09. The Morgan fingerprint density at radius 2 is 2.05 bits per heavy atom. The Morgan fingerprint density at radius 3 is 2.71 bits per heavy atom. The highest BCUT2D eigenvalue weighted by atomic mass is 19.1. The first-order valence-corrected chi connectivity index (χ1v) is 6.73. The van der Waals surface area contributed by atoms with Crippen LogP contribution in [0.1, 0.15) is 6.92 Å². The number of hydrogen-bond donors (Lipinski definition) is 1. The number of halogens is 1. The molecule has 0 aliphatic carbocycles. The Morgan fingerprint density at radius 1 is 1.24 bits per heavy atom. The maximum Gasteiger partial charge on any atom is 0.144 e. The maximum absolute atomic E-state index is 14.2. The predicted molar refractivity (Wildman–Crippen MR) is 81.8 cm³/mol. The molecule has 0 aliphatic rings. The minimum absolute atomic E-state index is 0.369. The molecule has 1 aromatic heterocycles. The summed E-state index contributed by atoms with van der Waals surface area (Å²) in [6.07, 6.45) is 0. The van der Waals surface area contributed by atoms with Crippen LogP contribution in [-0.2, 0) is 6.54 Å². The van der Waals surface area contributed by atoms with Gasteiger partial charge in [-0.05, 0) is 37.3 Å². The molecule has 108 valence electrons. The number of hydrogen-bond acceptors (Lipinski definition) is 3. The summed E-state index contributed by atoms with van der Waals surface area (Å²) >= 11 is 0. The van der Waals surface area contributed by atoms with Crippen molar-refractivity contribution in [3.05, 3.63) is 42.2 Å². The van der Waals surface area contributed by atoms with Gasteiger partial charge in [0.2, 0.25) is 0 Å². The molecule has 2 aromatic carbocycles. The monoisotopic (exact) mass is 285 g/mol. The van der Waals surface area contributed by atoms with Crippen molar-refractivity contribution in [2.75, 3.05) is 12.8 Å². The maximum atomic E-state index is 14.2. The van der Waals surface area contributed by atoms with Crippen molar-refractivity contribution in [1.82, 2.24) is 9.55 Å². The smallest absolute Gasteiger partial charge is 0.144 e. The third kappa shape index (κ3) is 2.20.